The number of furan rings is 2. The Labute approximate surface area is 269 Å². The van der Waals surface area contributed by atoms with Gasteiger partial charge in [0.1, 0.15) is 47.6 Å². The number of esters is 2. The van der Waals surface area contributed by atoms with Crippen LogP contribution in [0.5, 0.6) is 0 Å². The number of carbonyl (C=O) groups is 2. The van der Waals surface area contributed by atoms with Crippen molar-refractivity contribution in [3.05, 3.63) is 46.5 Å². The van der Waals surface area contributed by atoms with Crippen molar-refractivity contribution in [3.8, 4) is 22.6 Å². The molecule has 0 aromatic carbocycles. The quantitative estimate of drug-likeness (QED) is 0.126. The molecular weight excluding hydrogens is 746 g/mol. The second kappa shape index (κ2) is 16.1. The number of nitrogens with zero attached hydrogens (tertiary/aromatic N) is 2. The van der Waals surface area contributed by atoms with Crippen molar-refractivity contribution in [1.82, 2.24) is 0 Å². The third-order valence-corrected chi connectivity index (χ3v) is 8.75. The number of halogens is 2. The molecule has 0 aliphatic heterocycles. The molecule has 0 spiro atoms. The third-order valence-electron chi connectivity index (χ3n) is 7.60. The molecule has 0 bridgehead atoms. The van der Waals surface area contributed by atoms with Crippen LogP contribution in [0.1, 0.15) is 47.0 Å². The maximum Gasteiger partial charge on any atom is 0.349 e. The maximum atomic E-state index is 13.4. The zero-order chi connectivity index (χ0) is 27.1. The van der Waals surface area contributed by atoms with Gasteiger partial charge in [-0.2, -0.15) is 0 Å². The summed E-state index contributed by atoms with van der Waals surface area (Å²) in [5.41, 5.74) is 0.959. The summed E-state index contributed by atoms with van der Waals surface area (Å²) in [5, 5.41) is 0. The van der Waals surface area contributed by atoms with Gasteiger partial charge in [0.2, 0.25) is 0 Å². The van der Waals surface area contributed by atoms with E-state index in [2.05, 4.69) is 41.8 Å². The van der Waals surface area contributed by atoms with Crippen LogP contribution in [0.2, 0.25) is 0 Å². The van der Waals surface area contributed by atoms with E-state index in [1.54, 1.807) is 24.3 Å². The van der Waals surface area contributed by atoms with Crippen LogP contribution in [0, 0.1) is 0 Å². The van der Waals surface area contributed by atoms with Crippen molar-refractivity contribution < 1.29 is 84.8 Å². The van der Waals surface area contributed by atoms with Crippen LogP contribution in [0.25, 0.3) is 22.6 Å². The lowest BCUT2D eigenvalue weighted by molar-refractivity contribution is -0.906. The summed E-state index contributed by atoms with van der Waals surface area (Å²) in [4.78, 5) is 27.3. The van der Waals surface area contributed by atoms with E-state index in [1.165, 1.54) is 12.5 Å². The Morgan fingerprint density at radius 3 is 1.36 bits per heavy atom. The summed E-state index contributed by atoms with van der Waals surface area (Å²) in [6.07, 6.45) is 3.07. The number of quaternary nitrogens is 2. The van der Waals surface area contributed by atoms with E-state index in [0.717, 1.165) is 46.5 Å². The van der Waals surface area contributed by atoms with Crippen LogP contribution >= 0.6 is 11.3 Å². The summed E-state index contributed by atoms with van der Waals surface area (Å²) < 4.78 is 24.4. The van der Waals surface area contributed by atoms with E-state index in [9.17, 15) is 9.59 Å². The monoisotopic (exact) mass is 786 g/mol. The number of likely N-dealkylation sites (N-methyl/N-ethyl adjacent to an activating group) is 2. The Morgan fingerprint density at radius 1 is 0.718 bits per heavy atom. The molecule has 3 heterocycles. The molecule has 0 aliphatic rings. The first-order valence-corrected chi connectivity index (χ1v) is 13.8. The molecule has 0 radical (unpaired) electrons. The van der Waals surface area contributed by atoms with E-state index in [4.69, 9.17) is 18.3 Å². The molecule has 0 saturated heterocycles. The van der Waals surface area contributed by atoms with Crippen molar-refractivity contribution in [2.75, 3.05) is 66.6 Å². The Bertz CT molecular complexity index is 1060. The number of hydrogen-bond acceptors (Lipinski definition) is 7. The average molecular weight is 787 g/mol. The summed E-state index contributed by atoms with van der Waals surface area (Å²) >= 11 is 1.06. The third kappa shape index (κ3) is 8.78. The zero-order valence-electron chi connectivity index (χ0n) is 23.6. The first-order chi connectivity index (χ1) is 17.7. The molecule has 39 heavy (non-hydrogen) atoms. The Morgan fingerprint density at radius 2 is 1.08 bits per heavy atom. The minimum Gasteiger partial charge on any atom is -1.00 e. The first-order valence-electron chi connectivity index (χ1n) is 13.0. The smallest absolute Gasteiger partial charge is 0.349 e. The van der Waals surface area contributed by atoms with Crippen LogP contribution in [0.3, 0.4) is 0 Å². The fourth-order valence-corrected chi connectivity index (χ4v) is 5.06. The normalized spacial score (nSPS) is 11.4. The Kier molecular flexibility index (Phi) is 14.7. The molecule has 218 valence electrons. The second-order valence-corrected chi connectivity index (χ2v) is 10.7. The molecule has 3 aromatic rings. The summed E-state index contributed by atoms with van der Waals surface area (Å²) in [7, 11) is 4.27. The van der Waals surface area contributed by atoms with Crippen LogP contribution < -0.4 is 48.0 Å². The second-order valence-electron chi connectivity index (χ2n) is 9.69. The molecule has 3 rings (SSSR count). The number of hydrogen-bond donors (Lipinski definition) is 0. The predicted octanol–water partition coefficient (Wildman–Crippen LogP) is -0.437. The van der Waals surface area contributed by atoms with E-state index >= 15 is 0 Å². The highest BCUT2D eigenvalue weighted by Crippen LogP contribution is 2.44. The highest BCUT2D eigenvalue weighted by molar-refractivity contribution is 7.17. The molecule has 0 atom stereocenters. The van der Waals surface area contributed by atoms with Gasteiger partial charge in [-0.15, -0.1) is 11.3 Å². The topological polar surface area (TPSA) is 78.9 Å². The molecular formula is C28H40I2N2O6S. The highest BCUT2D eigenvalue weighted by Gasteiger charge is 2.33. The van der Waals surface area contributed by atoms with Gasteiger partial charge in [-0.25, -0.2) is 9.59 Å². The van der Waals surface area contributed by atoms with Gasteiger partial charge in [0.05, 0.1) is 63.9 Å². The van der Waals surface area contributed by atoms with Crippen molar-refractivity contribution in [1.29, 1.82) is 0 Å². The number of ether oxygens (including phenoxy) is 2. The standard InChI is InChI=1S/C28H40N2O6S.2HI/c1-7-29(5,8-2)15-19-35-27(31)25-23(21-13-11-17-33-21)24(22-14-12-18-34-22)26(37-25)28(32)36-20-16-30(6,9-3)10-4;;/h11-14,17-18H,7-10,15-16,19-20H2,1-6H3;2*1H/q+2;;/p-2. The van der Waals surface area contributed by atoms with Gasteiger partial charge in [0.25, 0.3) is 0 Å². The molecule has 8 nitrogen and oxygen atoms in total. The maximum absolute atomic E-state index is 13.4. The van der Waals surface area contributed by atoms with Gasteiger partial charge in [-0.05, 0) is 52.0 Å². The summed E-state index contributed by atoms with van der Waals surface area (Å²) in [5.74, 6) is -0.0818. The van der Waals surface area contributed by atoms with Crippen molar-refractivity contribution in [3.63, 3.8) is 0 Å². The van der Waals surface area contributed by atoms with Crippen molar-refractivity contribution >= 4 is 23.3 Å². The fraction of sp³-hybridized carbons (Fsp3) is 0.500. The van der Waals surface area contributed by atoms with Gasteiger partial charge in [-0.1, -0.05) is 0 Å². The molecule has 0 unspecified atom stereocenters. The van der Waals surface area contributed by atoms with Gasteiger partial charge in [0.15, 0.2) is 0 Å². The van der Waals surface area contributed by atoms with Gasteiger partial charge in [-0.3, -0.25) is 0 Å². The molecule has 11 heteroatoms. The average Bonchev–Trinajstić information content (AvgIpc) is 3.68. The van der Waals surface area contributed by atoms with Crippen LogP contribution in [0.4, 0.5) is 0 Å². The summed E-state index contributed by atoms with van der Waals surface area (Å²) in [6.45, 7) is 14.2. The minimum atomic E-state index is -0.497. The SMILES string of the molecule is CC[N+](C)(CC)CCOC(=O)c1sc(C(=O)OCC[N+](C)(CC)CC)c(-c2ccco2)c1-c1ccco1.[I-].[I-]. The van der Waals surface area contributed by atoms with Crippen LogP contribution in [-0.2, 0) is 9.47 Å². The van der Waals surface area contributed by atoms with Gasteiger partial charge < -0.3 is 75.2 Å². The van der Waals surface area contributed by atoms with E-state index in [0.29, 0.717) is 45.5 Å². The lowest BCUT2D eigenvalue weighted by Crippen LogP contribution is -3.00. The van der Waals surface area contributed by atoms with E-state index in [-0.39, 0.29) is 61.2 Å². The molecule has 0 N–H and O–H groups in total. The lowest BCUT2D eigenvalue weighted by Gasteiger charge is -2.31. The lowest BCUT2D eigenvalue weighted by atomic mass is 10.0. The van der Waals surface area contributed by atoms with Crippen LogP contribution in [-0.4, -0.2) is 87.5 Å². The number of rotatable bonds is 14. The molecule has 0 fully saturated rings. The predicted molar refractivity (Wildman–Crippen MR) is 145 cm³/mol. The highest BCUT2D eigenvalue weighted by atomic mass is 127. The van der Waals surface area contributed by atoms with Crippen molar-refractivity contribution in [2.24, 2.45) is 0 Å². The number of carbonyl (C=O) groups excluding carboxylic acids is 2. The van der Waals surface area contributed by atoms with E-state index in [1.807, 2.05) is 0 Å². The molecule has 0 aliphatic carbocycles. The zero-order valence-corrected chi connectivity index (χ0v) is 28.8. The largest absolute Gasteiger partial charge is 1.00 e. The van der Waals surface area contributed by atoms with Crippen LogP contribution in [0.15, 0.2) is 45.6 Å². The van der Waals surface area contributed by atoms with Crippen molar-refractivity contribution in [2.45, 2.75) is 27.7 Å². The Hall–Kier alpha value is -1.42. The molecule has 3 aromatic heterocycles. The fourth-order valence-electron chi connectivity index (χ4n) is 3.96. The first kappa shape index (κ1) is 35.6. The molecule has 0 saturated carbocycles. The van der Waals surface area contributed by atoms with Gasteiger partial charge in [0, 0.05) is 0 Å². The number of thiophene rings is 1. The minimum absolute atomic E-state index is 0. The van der Waals surface area contributed by atoms with E-state index < -0.39 is 11.9 Å². The van der Waals surface area contributed by atoms with Gasteiger partial charge >= 0.3 is 11.9 Å². The summed E-state index contributed by atoms with van der Waals surface area (Å²) in [6, 6.07) is 7.00. The molecule has 0 amide bonds. The Balaban J connectivity index is 0.00000380.